The van der Waals surface area contributed by atoms with Crippen LogP contribution in [0.2, 0.25) is 0 Å². The minimum Gasteiger partial charge on any atom is -0.489 e. The summed E-state index contributed by atoms with van der Waals surface area (Å²) in [4.78, 5) is 11.0. The molecule has 0 saturated carbocycles. The normalized spacial score (nSPS) is 17.9. The molecular weight excluding hydrogens is 470 g/mol. The minimum absolute atomic E-state index is 0.0958. The number of anilines is 1. The van der Waals surface area contributed by atoms with Crippen LogP contribution in [-0.2, 0) is 11.2 Å². The van der Waals surface area contributed by atoms with E-state index < -0.39 is 5.60 Å². The number of ether oxygens (including phenoxy) is 2. The summed E-state index contributed by atoms with van der Waals surface area (Å²) < 4.78 is 10.8. The first-order valence-electron chi connectivity index (χ1n) is 11.8. The summed E-state index contributed by atoms with van der Waals surface area (Å²) in [7, 11) is 1.59. The molecule has 5 N–H and O–H groups in total. The van der Waals surface area contributed by atoms with Crippen LogP contribution in [0.1, 0.15) is 25.0 Å². The molecule has 0 radical (unpaired) electrons. The molecule has 0 spiro atoms. The highest BCUT2D eigenvalue weighted by Crippen LogP contribution is 2.32. The highest BCUT2D eigenvalue weighted by atomic mass is 16.5. The monoisotopic (exact) mass is 501 g/mol. The maximum atomic E-state index is 9.99. The fourth-order valence-corrected chi connectivity index (χ4v) is 4.19. The third-order valence-electron chi connectivity index (χ3n) is 6.00. The van der Waals surface area contributed by atoms with E-state index >= 15 is 0 Å². The number of hydrogen-bond donors (Lipinski definition) is 4. The molecule has 2 aliphatic heterocycles. The smallest absolute Gasteiger partial charge is 0.212 e. The van der Waals surface area contributed by atoms with Crippen LogP contribution >= 0.6 is 0 Å². The van der Waals surface area contributed by atoms with Crippen LogP contribution in [0.3, 0.4) is 0 Å². The first kappa shape index (κ1) is 25.9. The molecule has 192 valence electrons. The quantitative estimate of drug-likeness (QED) is 0.299. The van der Waals surface area contributed by atoms with E-state index in [0.717, 1.165) is 23.2 Å². The highest BCUT2D eigenvalue weighted by molar-refractivity contribution is 5.92. The summed E-state index contributed by atoms with van der Waals surface area (Å²) in [6.07, 6.45) is 8.60. The number of aromatic nitrogens is 2. The summed E-state index contributed by atoms with van der Waals surface area (Å²) >= 11 is 0. The predicted octanol–water partition coefficient (Wildman–Crippen LogP) is 2.29. The molecule has 4 heterocycles. The van der Waals surface area contributed by atoms with Gasteiger partial charge in [-0.2, -0.15) is 5.26 Å². The lowest BCUT2D eigenvalue weighted by molar-refractivity contribution is 0.00548. The van der Waals surface area contributed by atoms with Gasteiger partial charge in [0.15, 0.2) is 0 Å². The molecule has 10 heteroatoms. The largest absolute Gasteiger partial charge is 0.489 e. The van der Waals surface area contributed by atoms with E-state index in [9.17, 15) is 10.4 Å². The van der Waals surface area contributed by atoms with Crippen molar-refractivity contribution in [2.24, 2.45) is 5.73 Å². The first-order valence-corrected chi connectivity index (χ1v) is 11.8. The molecule has 0 amide bonds. The fourth-order valence-electron chi connectivity index (χ4n) is 4.19. The van der Waals surface area contributed by atoms with E-state index in [-0.39, 0.29) is 17.7 Å². The Kier molecular flexibility index (Phi) is 7.29. The number of nitrogens with two attached hydrogens (primary N) is 1. The average molecular weight is 502 g/mol. The number of nitrogens with zero attached hydrogens (tertiary/aromatic N) is 4. The molecule has 1 saturated heterocycles. The van der Waals surface area contributed by atoms with Crippen molar-refractivity contribution in [1.82, 2.24) is 15.3 Å². The number of dihydropyridines is 1. The van der Waals surface area contributed by atoms with Gasteiger partial charge in [0.25, 0.3) is 0 Å². The predicted molar refractivity (Wildman–Crippen MR) is 141 cm³/mol. The summed E-state index contributed by atoms with van der Waals surface area (Å²) in [5.74, 6) is 1.87. The van der Waals surface area contributed by atoms with Crippen molar-refractivity contribution in [3.63, 3.8) is 0 Å². The molecule has 0 unspecified atom stereocenters. The number of pyridine rings is 2. The Labute approximate surface area is 216 Å². The van der Waals surface area contributed by atoms with Crippen LogP contribution in [-0.4, -0.2) is 59.2 Å². The van der Waals surface area contributed by atoms with Crippen molar-refractivity contribution in [2.45, 2.75) is 31.4 Å². The van der Waals surface area contributed by atoms with E-state index in [1.165, 1.54) is 0 Å². The molecule has 0 aromatic carbocycles. The van der Waals surface area contributed by atoms with Crippen LogP contribution in [0.15, 0.2) is 66.0 Å². The Morgan fingerprint density at radius 1 is 1.30 bits per heavy atom. The summed E-state index contributed by atoms with van der Waals surface area (Å²) in [6.45, 7) is 4.73. The topological polar surface area (TPSA) is 153 Å². The van der Waals surface area contributed by atoms with E-state index in [1.807, 2.05) is 30.3 Å². The Hall–Kier alpha value is -4.20. The van der Waals surface area contributed by atoms with E-state index in [1.54, 1.807) is 45.6 Å². The Morgan fingerprint density at radius 2 is 2.08 bits per heavy atom. The minimum atomic E-state index is -1.000. The number of methoxy groups -OCH3 is 1. The van der Waals surface area contributed by atoms with Gasteiger partial charge in [-0.1, -0.05) is 6.07 Å². The van der Waals surface area contributed by atoms with Gasteiger partial charge in [0.2, 0.25) is 5.88 Å². The number of hydrogen-bond acceptors (Lipinski definition) is 10. The van der Waals surface area contributed by atoms with Crippen molar-refractivity contribution >= 4 is 17.6 Å². The fraction of sp³-hybridized carbons (Fsp3) is 0.333. The zero-order chi connectivity index (χ0) is 26.6. The van der Waals surface area contributed by atoms with Gasteiger partial charge in [-0.3, -0.25) is 0 Å². The van der Waals surface area contributed by atoms with Gasteiger partial charge >= 0.3 is 0 Å². The molecule has 0 atom stereocenters. The number of nitrogens with one attached hydrogen (secondary N) is 2. The van der Waals surface area contributed by atoms with Gasteiger partial charge < -0.3 is 35.9 Å². The van der Waals surface area contributed by atoms with Crippen LogP contribution in [0.5, 0.6) is 5.88 Å². The third kappa shape index (κ3) is 6.14. The van der Waals surface area contributed by atoms with Gasteiger partial charge in [0, 0.05) is 55.1 Å². The Morgan fingerprint density at radius 3 is 2.65 bits per heavy atom. The van der Waals surface area contributed by atoms with Gasteiger partial charge in [0.05, 0.1) is 29.5 Å². The molecule has 10 nitrogen and oxygen atoms in total. The molecule has 4 rings (SSSR count). The SMILES string of the molecule is COc1ccc(CC2(N)CN(c3ccc(C4=CC(OCC(C)(C)O)=CN/C4=C(/C#N)C=N)cn3)C2)cn1. The lowest BCUT2D eigenvalue weighted by Crippen LogP contribution is -2.68. The average Bonchev–Trinajstić information content (AvgIpc) is 2.87. The second kappa shape index (κ2) is 10.4. The van der Waals surface area contributed by atoms with E-state index in [4.69, 9.17) is 20.6 Å². The maximum absolute atomic E-state index is 9.99. The number of aliphatic hydroxyl groups is 1. The third-order valence-corrected chi connectivity index (χ3v) is 6.00. The molecule has 0 bridgehead atoms. The summed E-state index contributed by atoms with van der Waals surface area (Å²) in [5, 5.41) is 30.2. The molecule has 37 heavy (non-hydrogen) atoms. The zero-order valence-electron chi connectivity index (χ0n) is 21.2. The Bertz CT molecular complexity index is 1280. The second-order valence-corrected chi connectivity index (χ2v) is 9.90. The number of nitriles is 1. The molecule has 0 aliphatic carbocycles. The lowest BCUT2D eigenvalue weighted by Gasteiger charge is -2.48. The standard InChI is InChI=1S/C27H31N7O3/c1-26(2,35)17-37-21-8-22(25(33-14-21)20(10-28)11-29)19-5-6-23(31-13-19)34-15-27(30,16-34)9-18-4-7-24(36-3)32-12-18/h4-8,10,12-14,28,33,35H,9,15-17,30H2,1-3H3/b25-20+,28-10?. The van der Waals surface area contributed by atoms with Gasteiger partial charge in [0.1, 0.15) is 24.3 Å². The van der Waals surface area contributed by atoms with Crippen molar-refractivity contribution in [1.29, 1.82) is 10.7 Å². The molecule has 2 aromatic heterocycles. The molecular formula is C27H31N7O3. The van der Waals surface area contributed by atoms with Crippen molar-refractivity contribution < 1.29 is 14.6 Å². The van der Waals surface area contributed by atoms with Crippen molar-refractivity contribution in [2.75, 3.05) is 31.7 Å². The van der Waals surface area contributed by atoms with Crippen molar-refractivity contribution in [3.05, 3.63) is 77.1 Å². The molecule has 1 fully saturated rings. The lowest BCUT2D eigenvalue weighted by atomic mass is 9.85. The van der Waals surface area contributed by atoms with Crippen LogP contribution in [0, 0.1) is 16.7 Å². The summed E-state index contributed by atoms with van der Waals surface area (Å²) in [6, 6.07) is 9.68. The maximum Gasteiger partial charge on any atom is 0.212 e. The van der Waals surface area contributed by atoms with Crippen molar-refractivity contribution in [3.8, 4) is 11.9 Å². The second-order valence-electron chi connectivity index (χ2n) is 9.90. The van der Waals surface area contributed by atoms with Gasteiger partial charge in [-0.25, -0.2) is 9.97 Å². The van der Waals surface area contributed by atoms with E-state index in [0.29, 0.717) is 42.4 Å². The summed E-state index contributed by atoms with van der Waals surface area (Å²) in [5.41, 5.74) is 8.36. The van der Waals surface area contributed by atoms with Gasteiger partial charge in [-0.15, -0.1) is 0 Å². The number of allylic oxidation sites excluding steroid dienone is 3. The molecule has 2 aromatic rings. The van der Waals surface area contributed by atoms with Gasteiger partial charge in [-0.05, 0) is 44.0 Å². The van der Waals surface area contributed by atoms with Crippen LogP contribution in [0.4, 0.5) is 5.82 Å². The van der Waals surface area contributed by atoms with Crippen LogP contribution in [0.25, 0.3) is 5.57 Å². The Balaban J connectivity index is 1.48. The number of rotatable bonds is 9. The highest BCUT2D eigenvalue weighted by Gasteiger charge is 2.40. The van der Waals surface area contributed by atoms with Crippen LogP contribution < -0.4 is 20.7 Å². The zero-order valence-corrected chi connectivity index (χ0v) is 21.2. The molecule has 2 aliphatic rings. The first-order chi connectivity index (χ1) is 17.6. The van der Waals surface area contributed by atoms with E-state index in [2.05, 4.69) is 20.2 Å².